The summed E-state index contributed by atoms with van der Waals surface area (Å²) < 4.78 is 5.03. The van der Waals surface area contributed by atoms with Gasteiger partial charge in [0.25, 0.3) is 0 Å². The molecule has 8 heteroatoms. The van der Waals surface area contributed by atoms with Gasteiger partial charge in [-0.1, -0.05) is 0 Å². The van der Waals surface area contributed by atoms with E-state index in [0.29, 0.717) is 5.56 Å². The van der Waals surface area contributed by atoms with Gasteiger partial charge in [-0.15, -0.1) is 0 Å². The average Bonchev–Trinajstić information content (AvgIpc) is 2.25. The van der Waals surface area contributed by atoms with Crippen molar-refractivity contribution in [3.63, 3.8) is 0 Å². The maximum atomic E-state index is 11.4. The van der Waals surface area contributed by atoms with Crippen molar-refractivity contribution < 1.29 is 14.5 Å². The van der Waals surface area contributed by atoms with Gasteiger partial charge in [0.1, 0.15) is 5.60 Å². The number of nitrogens with zero attached hydrogens (tertiary/aromatic N) is 3. The molecule has 0 spiro atoms. The minimum absolute atomic E-state index is 0.0964. The van der Waals surface area contributed by atoms with Gasteiger partial charge in [-0.25, -0.2) is 14.8 Å². The van der Waals surface area contributed by atoms with Crippen LogP contribution in [0, 0.1) is 10.1 Å². The fourth-order valence-electron chi connectivity index (χ4n) is 1.16. The van der Waals surface area contributed by atoms with E-state index in [0.717, 1.165) is 0 Å². The van der Waals surface area contributed by atoms with E-state index in [1.165, 1.54) is 12.4 Å². The first-order valence-corrected chi connectivity index (χ1v) is 5.69. The number of ether oxygens (including phenoxy) is 1. The molecule has 0 radical (unpaired) electrons. The summed E-state index contributed by atoms with van der Waals surface area (Å²) in [4.78, 5) is 29.0. The van der Waals surface area contributed by atoms with E-state index in [-0.39, 0.29) is 18.9 Å². The highest BCUT2D eigenvalue weighted by atomic mass is 16.6. The average molecular weight is 268 g/mol. The number of aromatic nitrogens is 2. The monoisotopic (exact) mass is 268 g/mol. The van der Waals surface area contributed by atoms with Crippen LogP contribution >= 0.6 is 0 Å². The van der Waals surface area contributed by atoms with Crippen LogP contribution in [0.1, 0.15) is 26.3 Å². The van der Waals surface area contributed by atoms with Gasteiger partial charge in [-0.3, -0.25) is 15.4 Å². The van der Waals surface area contributed by atoms with Gasteiger partial charge in [0.05, 0.1) is 0 Å². The molecule has 0 saturated heterocycles. The summed E-state index contributed by atoms with van der Waals surface area (Å²) in [5.41, 5.74) is 0.0295. The number of hydrogen-bond acceptors (Lipinski definition) is 6. The molecule has 0 aromatic carbocycles. The van der Waals surface area contributed by atoms with E-state index in [1.807, 2.05) is 0 Å². The first-order valence-electron chi connectivity index (χ1n) is 5.69. The van der Waals surface area contributed by atoms with Crippen LogP contribution < -0.4 is 5.32 Å². The van der Waals surface area contributed by atoms with Crippen molar-refractivity contribution in [2.24, 2.45) is 0 Å². The molecule has 0 fully saturated rings. The minimum atomic E-state index is -0.648. The number of carbonyl (C=O) groups is 1. The van der Waals surface area contributed by atoms with Crippen LogP contribution in [-0.4, -0.2) is 33.1 Å². The molecule has 19 heavy (non-hydrogen) atoms. The Labute approximate surface area is 110 Å². The third kappa shape index (κ3) is 6.29. The maximum absolute atomic E-state index is 11.4. The molecule has 104 valence electrons. The molecule has 0 aliphatic heterocycles. The van der Waals surface area contributed by atoms with Gasteiger partial charge in [0.2, 0.25) is 12.5 Å². The molecule has 1 rings (SSSR count). The molecule has 0 atom stereocenters. The van der Waals surface area contributed by atoms with Crippen LogP contribution in [0.25, 0.3) is 0 Å². The van der Waals surface area contributed by atoms with Crippen molar-refractivity contribution in [3.8, 4) is 0 Å². The smallest absolute Gasteiger partial charge is 0.414 e. The molecule has 1 aromatic heterocycles. The number of carbonyl (C=O) groups excluding carboxylic acids is 1. The lowest BCUT2D eigenvalue weighted by molar-refractivity contribution is -0.479. The molecule has 1 N–H and O–H groups in total. The van der Waals surface area contributed by atoms with Gasteiger partial charge in [0.15, 0.2) is 0 Å². The standard InChI is InChI=1S/C11H16N4O4/c1-11(2,3)19-10(16)14-9-12-6-8(7-13-9)4-5-15(17)18/h6-7H,4-5H2,1-3H3,(H,12,13,14,16). The third-order valence-corrected chi connectivity index (χ3v) is 1.90. The fourth-order valence-corrected chi connectivity index (χ4v) is 1.16. The van der Waals surface area contributed by atoms with Gasteiger partial charge in [-0.05, 0) is 26.3 Å². The summed E-state index contributed by atoms with van der Waals surface area (Å²) in [5.74, 6) is 0.0964. The molecule has 0 unspecified atom stereocenters. The van der Waals surface area contributed by atoms with Crippen molar-refractivity contribution >= 4 is 12.0 Å². The van der Waals surface area contributed by atoms with E-state index in [4.69, 9.17) is 4.74 Å². The molecule has 1 aromatic rings. The van der Waals surface area contributed by atoms with E-state index in [9.17, 15) is 14.9 Å². The van der Waals surface area contributed by atoms with Crippen molar-refractivity contribution in [3.05, 3.63) is 28.1 Å². The number of hydrogen-bond donors (Lipinski definition) is 1. The molecule has 0 saturated carbocycles. The molecule has 0 aliphatic rings. The van der Waals surface area contributed by atoms with Crippen molar-refractivity contribution in [1.29, 1.82) is 0 Å². The van der Waals surface area contributed by atoms with Gasteiger partial charge in [-0.2, -0.15) is 0 Å². The largest absolute Gasteiger partial charge is 0.444 e. The van der Waals surface area contributed by atoms with Gasteiger partial charge >= 0.3 is 6.09 Å². The zero-order chi connectivity index (χ0) is 14.5. The van der Waals surface area contributed by atoms with Crippen LogP contribution in [0.4, 0.5) is 10.7 Å². The Kier molecular flexibility index (Phi) is 4.74. The molecule has 1 heterocycles. The van der Waals surface area contributed by atoms with E-state index >= 15 is 0 Å². The number of anilines is 1. The second kappa shape index (κ2) is 6.07. The van der Waals surface area contributed by atoms with Crippen LogP contribution in [0.3, 0.4) is 0 Å². The first-order chi connectivity index (χ1) is 8.76. The molecular weight excluding hydrogens is 252 g/mol. The number of amides is 1. The summed E-state index contributed by atoms with van der Waals surface area (Å²) in [6.07, 6.45) is 2.47. The summed E-state index contributed by atoms with van der Waals surface area (Å²) in [6.45, 7) is 5.05. The Bertz CT molecular complexity index is 453. The maximum Gasteiger partial charge on any atom is 0.414 e. The van der Waals surface area contributed by atoms with Gasteiger partial charge in [0, 0.05) is 23.7 Å². The number of nitro groups is 1. The van der Waals surface area contributed by atoms with Crippen molar-refractivity contribution in [2.45, 2.75) is 32.8 Å². The second-order valence-corrected chi connectivity index (χ2v) is 4.85. The predicted molar refractivity (Wildman–Crippen MR) is 67.5 cm³/mol. The Morgan fingerprint density at radius 3 is 2.47 bits per heavy atom. The molecule has 1 amide bonds. The number of rotatable bonds is 4. The van der Waals surface area contributed by atoms with E-state index in [2.05, 4.69) is 15.3 Å². The molecule has 0 bridgehead atoms. The summed E-state index contributed by atoms with van der Waals surface area (Å²) in [7, 11) is 0. The lowest BCUT2D eigenvalue weighted by Crippen LogP contribution is -2.27. The highest BCUT2D eigenvalue weighted by Gasteiger charge is 2.16. The minimum Gasteiger partial charge on any atom is -0.444 e. The summed E-state index contributed by atoms with van der Waals surface area (Å²) in [6, 6.07) is 0. The lowest BCUT2D eigenvalue weighted by atomic mass is 10.2. The Morgan fingerprint density at radius 1 is 1.42 bits per heavy atom. The first kappa shape index (κ1) is 14.8. The summed E-state index contributed by atoms with van der Waals surface area (Å²) >= 11 is 0. The fraction of sp³-hybridized carbons (Fsp3) is 0.545. The van der Waals surface area contributed by atoms with Crippen LogP contribution in [0.5, 0.6) is 0 Å². The highest BCUT2D eigenvalue weighted by Crippen LogP contribution is 2.09. The van der Waals surface area contributed by atoms with Crippen molar-refractivity contribution in [1.82, 2.24) is 9.97 Å². The van der Waals surface area contributed by atoms with Crippen LogP contribution in [0.15, 0.2) is 12.4 Å². The SMILES string of the molecule is CC(C)(C)OC(=O)Nc1ncc(CC[N+](=O)[O-])cn1. The van der Waals surface area contributed by atoms with E-state index in [1.54, 1.807) is 20.8 Å². The zero-order valence-corrected chi connectivity index (χ0v) is 11.0. The third-order valence-electron chi connectivity index (χ3n) is 1.90. The molecule has 0 aliphatic carbocycles. The Hall–Kier alpha value is -2.25. The quantitative estimate of drug-likeness (QED) is 0.657. The molecule has 8 nitrogen and oxygen atoms in total. The summed E-state index contributed by atoms with van der Waals surface area (Å²) in [5, 5.41) is 12.6. The van der Waals surface area contributed by atoms with Crippen LogP contribution in [0.2, 0.25) is 0 Å². The second-order valence-electron chi connectivity index (χ2n) is 4.85. The van der Waals surface area contributed by atoms with Crippen molar-refractivity contribution in [2.75, 3.05) is 11.9 Å². The lowest BCUT2D eigenvalue weighted by Gasteiger charge is -2.19. The van der Waals surface area contributed by atoms with E-state index < -0.39 is 16.6 Å². The Morgan fingerprint density at radius 2 is 2.00 bits per heavy atom. The van der Waals surface area contributed by atoms with Gasteiger partial charge < -0.3 is 4.74 Å². The molecular formula is C11H16N4O4. The Balaban J connectivity index is 2.52. The van der Waals surface area contributed by atoms with Crippen LogP contribution in [-0.2, 0) is 11.2 Å². The predicted octanol–water partition coefficient (Wildman–Crippen LogP) is 1.64. The number of nitrogens with one attached hydrogen (secondary N) is 1. The topological polar surface area (TPSA) is 107 Å². The highest BCUT2D eigenvalue weighted by molar-refractivity contribution is 5.82. The zero-order valence-electron chi connectivity index (χ0n) is 11.0. The normalized spacial score (nSPS) is 10.9.